The second-order valence-electron chi connectivity index (χ2n) is 20.6. The summed E-state index contributed by atoms with van der Waals surface area (Å²) in [6.45, 7) is 5.82. The Kier molecular flexibility index (Phi) is 48.4. The highest BCUT2D eigenvalue weighted by Crippen LogP contribution is 2.26. The smallest absolute Gasteiger partial charge is 0.335 e. The predicted molar refractivity (Wildman–Crippen MR) is 312 cm³/mol. The summed E-state index contributed by atoms with van der Waals surface area (Å²) in [5, 5.41) is 31.5. The Labute approximate surface area is 467 Å². The minimum atomic E-state index is -1.94. The Hall–Kier alpha value is -4.10. The molecule has 440 valence electrons. The first-order valence-electron chi connectivity index (χ1n) is 30.6. The minimum absolute atomic E-state index is 0.139. The van der Waals surface area contributed by atoms with E-state index in [2.05, 4.69) is 81.5 Å². The first-order valence-corrected chi connectivity index (χ1v) is 30.6. The van der Waals surface area contributed by atoms with Gasteiger partial charge < -0.3 is 39.0 Å². The van der Waals surface area contributed by atoms with Crippen LogP contribution in [0.1, 0.15) is 252 Å². The van der Waals surface area contributed by atoms with Crippen molar-refractivity contribution in [2.24, 2.45) is 0 Å². The Morgan fingerprint density at radius 1 is 0.455 bits per heavy atom. The normalized spacial score (nSPS) is 18.6. The van der Waals surface area contributed by atoms with Gasteiger partial charge in [0.05, 0.1) is 13.0 Å². The Bertz CT molecular complexity index is 1660. The summed E-state index contributed by atoms with van der Waals surface area (Å²) in [7, 11) is 0. The fourth-order valence-electron chi connectivity index (χ4n) is 8.79. The molecule has 0 amide bonds. The molecule has 0 aliphatic carbocycles. The van der Waals surface area contributed by atoms with Gasteiger partial charge in [-0.3, -0.25) is 14.4 Å². The second kappa shape index (κ2) is 52.6. The van der Waals surface area contributed by atoms with Gasteiger partial charge in [0, 0.05) is 12.8 Å². The monoisotopic (exact) mass is 1080 g/mol. The molecule has 0 aromatic carbocycles. The zero-order valence-corrected chi connectivity index (χ0v) is 48.4. The number of aliphatic hydroxyl groups excluding tert-OH is 2. The summed E-state index contributed by atoms with van der Waals surface area (Å²) in [6, 6.07) is 0. The van der Waals surface area contributed by atoms with Crippen LogP contribution >= 0.6 is 0 Å². The van der Waals surface area contributed by atoms with Crippen molar-refractivity contribution < 1.29 is 58.2 Å². The highest BCUT2D eigenvalue weighted by Gasteiger charge is 2.50. The van der Waals surface area contributed by atoms with E-state index in [0.717, 1.165) is 96.3 Å². The molecule has 1 aliphatic heterocycles. The van der Waals surface area contributed by atoms with Crippen molar-refractivity contribution in [3.63, 3.8) is 0 Å². The summed E-state index contributed by atoms with van der Waals surface area (Å²) in [4.78, 5) is 51.1. The van der Waals surface area contributed by atoms with Crippen molar-refractivity contribution in [2.75, 3.05) is 13.2 Å². The number of ether oxygens (including phenoxy) is 5. The number of allylic oxidation sites excluding steroid dienone is 13. The molecule has 12 heteroatoms. The quantitative estimate of drug-likeness (QED) is 0.0228. The van der Waals surface area contributed by atoms with E-state index >= 15 is 0 Å². The topological polar surface area (TPSA) is 175 Å². The molecule has 3 N–H and O–H groups in total. The number of carbonyl (C=O) groups excluding carboxylic acids is 3. The lowest BCUT2D eigenvalue weighted by Crippen LogP contribution is -2.61. The number of esters is 3. The van der Waals surface area contributed by atoms with E-state index < -0.39 is 67.3 Å². The molecule has 1 saturated heterocycles. The number of aliphatic carboxylic acids is 1. The molecular formula is C65H108O12. The zero-order chi connectivity index (χ0) is 56.1. The maximum Gasteiger partial charge on any atom is 0.335 e. The SMILES string of the molecule is CC/C=C\C/C=C\C/C=C\C/C=C\C/C=C\CC(=O)OC1C(OCC(COC(=O)CCCCCCCCC/C=C\CCCCCCCC)OC(=O)CCCCCCC/C=C\CCCCCCCC)OC(C(=O)O)C(O)C1O. The third-order valence-corrected chi connectivity index (χ3v) is 13.5. The van der Waals surface area contributed by atoms with Crippen molar-refractivity contribution in [1.82, 2.24) is 0 Å². The van der Waals surface area contributed by atoms with Crippen molar-refractivity contribution in [2.45, 2.75) is 289 Å². The zero-order valence-electron chi connectivity index (χ0n) is 48.4. The van der Waals surface area contributed by atoms with Gasteiger partial charge in [-0.15, -0.1) is 0 Å². The molecule has 1 heterocycles. The minimum Gasteiger partial charge on any atom is -0.479 e. The van der Waals surface area contributed by atoms with Gasteiger partial charge in [-0.05, 0) is 96.3 Å². The van der Waals surface area contributed by atoms with Gasteiger partial charge in [0.25, 0.3) is 0 Å². The highest BCUT2D eigenvalue weighted by atomic mass is 16.7. The van der Waals surface area contributed by atoms with Crippen molar-refractivity contribution >= 4 is 23.9 Å². The van der Waals surface area contributed by atoms with Crippen LogP contribution in [0, 0.1) is 0 Å². The van der Waals surface area contributed by atoms with Gasteiger partial charge in [0.1, 0.15) is 18.8 Å². The van der Waals surface area contributed by atoms with Crippen LogP contribution in [-0.2, 0) is 42.9 Å². The lowest BCUT2D eigenvalue weighted by Gasteiger charge is -2.40. The standard InChI is InChI=1S/C65H108O12/c1-4-7-10-13-16-19-22-25-28-29-32-33-36-39-42-45-48-51-57(66)73-54-56(75-58(67)52-49-46-43-40-37-34-30-26-23-20-17-14-11-8-5-2)55-74-65-63(61(70)60(69)62(77-65)64(71)72)76-59(68)53-50-47-44-41-38-35-31-27-24-21-18-15-12-9-6-3/h9,12,18,21,25-28,30-31,38,41,47,50,56,60-63,65,69-70H,4-8,10-11,13-17,19-20,22-24,29,32-37,39-40,42-46,48-49,51-55H2,1-3H3,(H,71,72)/b12-9-,21-18-,28-25-,30-26-,31-27-,41-38-,50-47-. The highest BCUT2D eigenvalue weighted by molar-refractivity contribution is 5.74. The molecule has 0 saturated carbocycles. The molecule has 6 atom stereocenters. The van der Waals surface area contributed by atoms with Gasteiger partial charge in [0.2, 0.25) is 0 Å². The Balaban J connectivity index is 2.74. The van der Waals surface area contributed by atoms with Crippen molar-refractivity contribution in [1.29, 1.82) is 0 Å². The van der Waals surface area contributed by atoms with Crippen LogP contribution in [0.5, 0.6) is 0 Å². The molecule has 0 aromatic rings. The van der Waals surface area contributed by atoms with Crippen LogP contribution in [0.2, 0.25) is 0 Å². The lowest BCUT2D eigenvalue weighted by atomic mass is 9.98. The van der Waals surface area contributed by atoms with Crippen LogP contribution in [0.4, 0.5) is 0 Å². The maximum absolute atomic E-state index is 13.2. The molecule has 0 bridgehead atoms. The first-order chi connectivity index (χ1) is 37.6. The van der Waals surface area contributed by atoms with E-state index in [9.17, 15) is 34.5 Å². The van der Waals surface area contributed by atoms with Crippen LogP contribution in [0.15, 0.2) is 85.1 Å². The van der Waals surface area contributed by atoms with E-state index in [0.29, 0.717) is 19.3 Å². The number of unbranched alkanes of at least 4 members (excludes halogenated alkanes) is 24. The van der Waals surface area contributed by atoms with Gasteiger partial charge in [-0.25, -0.2) is 4.79 Å². The van der Waals surface area contributed by atoms with Gasteiger partial charge in [-0.1, -0.05) is 221 Å². The number of carboxylic acids is 1. The number of hydrogen-bond donors (Lipinski definition) is 3. The third kappa shape index (κ3) is 42.5. The molecular weight excluding hydrogens is 973 g/mol. The average Bonchev–Trinajstić information content (AvgIpc) is 3.43. The molecule has 0 radical (unpaired) electrons. The fraction of sp³-hybridized carbons (Fsp3) is 0.723. The Morgan fingerprint density at radius 3 is 1.30 bits per heavy atom. The molecule has 6 unspecified atom stereocenters. The van der Waals surface area contributed by atoms with Crippen LogP contribution in [0.25, 0.3) is 0 Å². The summed E-state index contributed by atoms with van der Waals surface area (Å²) in [5.74, 6) is -3.30. The van der Waals surface area contributed by atoms with E-state index in [1.165, 1.54) is 96.3 Å². The van der Waals surface area contributed by atoms with Crippen LogP contribution in [0.3, 0.4) is 0 Å². The summed E-state index contributed by atoms with van der Waals surface area (Å²) in [5.41, 5.74) is 0. The number of hydrogen-bond acceptors (Lipinski definition) is 11. The first kappa shape index (κ1) is 70.9. The number of carbonyl (C=O) groups is 4. The molecule has 77 heavy (non-hydrogen) atoms. The summed E-state index contributed by atoms with van der Waals surface area (Å²) in [6.07, 6.45) is 55.8. The number of rotatable bonds is 51. The van der Waals surface area contributed by atoms with Crippen molar-refractivity contribution in [3.8, 4) is 0 Å². The van der Waals surface area contributed by atoms with Crippen LogP contribution in [-0.4, -0.2) is 89.2 Å². The van der Waals surface area contributed by atoms with Gasteiger partial charge in [0.15, 0.2) is 24.6 Å². The molecule has 1 rings (SSSR count). The van der Waals surface area contributed by atoms with E-state index in [-0.39, 0.29) is 25.9 Å². The second-order valence-corrected chi connectivity index (χ2v) is 20.6. The molecule has 0 aromatic heterocycles. The lowest BCUT2D eigenvalue weighted by molar-refractivity contribution is -0.301. The fourth-order valence-corrected chi connectivity index (χ4v) is 8.79. The van der Waals surface area contributed by atoms with E-state index in [4.69, 9.17) is 23.7 Å². The Morgan fingerprint density at radius 2 is 0.857 bits per heavy atom. The van der Waals surface area contributed by atoms with E-state index in [1.54, 1.807) is 12.2 Å². The van der Waals surface area contributed by atoms with E-state index in [1.807, 2.05) is 12.2 Å². The summed E-state index contributed by atoms with van der Waals surface area (Å²) < 4.78 is 28.3. The van der Waals surface area contributed by atoms with Gasteiger partial charge in [-0.2, -0.15) is 0 Å². The third-order valence-electron chi connectivity index (χ3n) is 13.5. The van der Waals surface area contributed by atoms with Crippen LogP contribution < -0.4 is 0 Å². The molecule has 1 aliphatic rings. The van der Waals surface area contributed by atoms with Gasteiger partial charge >= 0.3 is 23.9 Å². The summed E-state index contributed by atoms with van der Waals surface area (Å²) >= 11 is 0. The van der Waals surface area contributed by atoms with Crippen molar-refractivity contribution in [3.05, 3.63) is 85.1 Å². The maximum atomic E-state index is 13.2. The average molecular weight is 1080 g/mol. The largest absolute Gasteiger partial charge is 0.479 e. The molecule has 0 spiro atoms. The number of aliphatic hydroxyl groups is 2. The molecule has 12 nitrogen and oxygen atoms in total. The molecule has 1 fully saturated rings. The number of carboxylic acid groups (broad SMARTS) is 1. The predicted octanol–water partition coefficient (Wildman–Crippen LogP) is 15.9.